The standard InChI is InChI=1S/C21H22F3N2O4S/c1-29-19-6-2-3-7-20(19)30-18-10-8-17(9-11-18)26(12-4-5-16(13-25)14-26)31(27,28)15-21(22,23)24/h2-11,14H,12-13,15,25H2,1H3/q+1. The van der Waals surface area contributed by atoms with Crippen molar-refractivity contribution in [2.75, 3.05) is 26.0 Å². The van der Waals surface area contributed by atoms with Gasteiger partial charge in [0.2, 0.25) is 0 Å². The maximum Gasteiger partial charge on any atom is 0.408 e. The van der Waals surface area contributed by atoms with Crippen LogP contribution in [-0.4, -0.2) is 40.5 Å². The molecule has 166 valence electrons. The fourth-order valence-electron chi connectivity index (χ4n) is 3.30. The Bertz CT molecular complexity index is 1100. The summed E-state index contributed by atoms with van der Waals surface area (Å²) in [7, 11) is -3.22. The second kappa shape index (κ2) is 8.74. The highest BCUT2D eigenvalue weighted by Gasteiger charge is 2.50. The van der Waals surface area contributed by atoms with Crippen LogP contribution in [-0.2, 0) is 10.0 Å². The molecule has 1 heterocycles. The van der Waals surface area contributed by atoms with E-state index < -0.39 is 25.8 Å². The number of para-hydroxylation sites is 2. The molecule has 31 heavy (non-hydrogen) atoms. The van der Waals surface area contributed by atoms with E-state index in [1.165, 1.54) is 43.7 Å². The summed E-state index contributed by atoms with van der Waals surface area (Å²) >= 11 is 0. The molecule has 0 saturated heterocycles. The van der Waals surface area contributed by atoms with Gasteiger partial charge in [-0.25, -0.2) is 0 Å². The third-order valence-corrected chi connectivity index (χ3v) is 6.88. The Hall–Kier alpha value is -2.82. The van der Waals surface area contributed by atoms with Crippen LogP contribution in [0.15, 0.2) is 72.5 Å². The Morgan fingerprint density at radius 3 is 2.29 bits per heavy atom. The van der Waals surface area contributed by atoms with Crippen molar-refractivity contribution in [1.29, 1.82) is 0 Å². The van der Waals surface area contributed by atoms with E-state index >= 15 is 0 Å². The molecule has 2 N–H and O–H groups in total. The number of hydrogen-bond acceptors (Lipinski definition) is 5. The number of alkyl halides is 3. The van der Waals surface area contributed by atoms with Crippen LogP contribution < -0.4 is 19.1 Å². The molecule has 2 aromatic rings. The van der Waals surface area contributed by atoms with Crippen molar-refractivity contribution in [1.82, 2.24) is 3.89 Å². The number of sulfonamides is 1. The summed E-state index contributed by atoms with van der Waals surface area (Å²) in [6.07, 6.45) is -0.500. The van der Waals surface area contributed by atoms with Gasteiger partial charge in [0.25, 0.3) is 0 Å². The van der Waals surface area contributed by atoms with Gasteiger partial charge in [-0.3, -0.25) is 0 Å². The van der Waals surface area contributed by atoms with E-state index in [2.05, 4.69) is 0 Å². The van der Waals surface area contributed by atoms with Crippen LogP contribution in [0.25, 0.3) is 0 Å². The van der Waals surface area contributed by atoms with Gasteiger partial charge in [-0.15, -0.1) is 0 Å². The highest BCUT2D eigenvalue weighted by atomic mass is 32.2. The van der Waals surface area contributed by atoms with E-state index in [0.29, 0.717) is 22.8 Å². The number of quaternary nitrogens is 1. The van der Waals surface area contributed by atoms with Crippen molar-refractivity contribution >= 4 is 15.7 Å². The summed E-state index contributed by atoms with van der Waals surface area (Å²) in [6, 6.07) is 12.8. The van der Waals surface area contributed by atoms with Crippen LogP contribution in [0.2, 0.25) is 0 Å². The van der Waals surface area contributed by atoms with Gasteiger partial charge in [0.05, 0.1) is 7.11 Å². The van der Waals surface area contributed by atoms with E-state index in [1.54, 1.807) is 30.3 Å². The zero-order valence-corrected chi connectivity index (χ0v) is 17.5. The largest absolute Gasteiger partial charge is 0.493 e. The molecule has 0 aliphatic carbocycles. The normalized spacial score (nSPS) is 19.1. The highest BCUT2D eigenvalue weighted by molar-refractivity contribution is 7.91. The van der Waals surface area contributed by atoms with Crippen LogP contribution in [0.1, 0.15) is 0 Å². The van der Waals surface area contributed by atoms with Gasteiger partial charge in [-0.05, 0) is 30.3 Å². The van der Waals surface area contributed by atoms with Crippen LogP contribution in [0.5, 0.6) is 17.2 Å². The molecule has 1 unspecified atom stereocenters. The fraction of sp³-hybridized carbons (Fsp3) is 0.238. The summed E-state index contributed by atoms with van der Waals surface area (Å²) in [6.45, 7) is -0.193. The smallest absolute Gasteiger partial charge is 0.408 e. The molecular formula is C21H22F3N2O4S+. The minimum Gasteiger partial charge on any atom is -0.493 e. The molecule has 0 amide bonds. The van der Waals surface area contributed by atoms with Gasteiger partial charge >= 0.3 is 16.2 Å². The second-order valence-electron chi connectivity index (χ2n) is 6.88. The maximum absolute atomic E-state index is 13.1. The van der Waals surface area contributed by atoms with Gasteiger partial charge in [0.1, 0.15) is 18.5 Å². The molecule has 0 bridgehead atoms. The van der Waals surface area contributed by atoms with Crippen molar-refractivity contribution in [2.24, 2.45) is 5.73 Å². The molecule has 0 radical (unpaired) electrons. The topological polar surface area (TPSA) is 78.6 Å². The number of halogens is 3. The van der Waals surface area contributed by atoms with Gasteiger partial charge < -0.3 is 15.2 Å². The van der Waals surface area contributed by atoms with Crippen LogP contribution in [0.4, 0.5) is 18.9 Å². The van der Waals surface area contributed by atoms with Crippen LogP contribution in [0, 0.1) is 0 Å². The summed E-state index contributed by atoms with van der Waals surface area (Å²) in [5, 5.41) is 0. The molecule has 0 spiro atoms. The Morgan fingerprint density at radius 1 is 1.06 bits per heavy atom. The van der Waals surface area contributed by atoms with Crippen molar-refractivity contribution in [3.05, 3.63) is 72.5 Å². The third kappa shape index (κ3) is 4.92. The van der Waals surface area contributed by atoms with Crippen molar-refractivity contribution in [2.45, 2.75) is 6.18 Å². The summed E-state index contributed by atoms with van der Waals surface area (Å²) in [4.78, 5) is 0. The molecule has 1 aliphatic heterocycles. The zero-order chi connectivity index (χ0) is 22.7. The quantitative estimate of drug-likeness (QED) is 0.636. The number of nitrogens with zero attached hydrogens (tertiary/aromatic N) is 1. The first-order valence-electron chi connectivity index (χ1n) is 9.27. The van der Waals surface area contributed by atoms with Gasteiger partial charge in [-0.2, -0.15) is 25.5 Å². The first-order chi connectivity index (χ1) is 14.6. The Morgan fingerprint density at radius 2 is 1.71 bits per heavy atom. The number of rotatable bonds is 7. The first kappa shape index (κ1) is 22.9. The van der Waals surface area contributed by atoms with Gasteiger partial charge in [0.15, 0.2) is 22.9 Å². The van der Waals surface area contributed by atoms with Gasteiger partial charge in [-0.1, -0.05) is 18.2 Å². The Kier molecular flexibility index (Phi) is 6.44. The number of ether oxygens (including phenoxy) is 2. The Labute approximate surface area is 178 Å². The van der Waals surface area contributed by atoms with Crippen molar-refractivity contribution < 1.29 is 31.1 Å². The molecule has 6 nitrogen and oxygen atoms in total. The fourth-order valence-corrected chi connectivity index (χ4v) is 4.99. The van der Waals surface area contributed by atoms with E-state index in [4.69, 9.17) is 15.2 Å². The molecule has 0 fully saturated rings. The average Bonchev–Trinajstić information content (AvgIpc) is 2.73. The Balaban J connectivity index is 2.01. The summed E-state index contributed by atoms with van der Waals surface area (Å²) in [5.74, 6) is -0.644. The van der Waals surface area contributed by atoms with Crippen molar-refractivity contribution in [3.8, 4) is 17.2 Å². The lowest BCUT2D eigenvalue weighted by Gasteiger charge is -2.34. The first-order valence-corrected chi connectivity index (χ1v) is 10.9. The lowest BCUT2D eigenvalue weighted by Crippen LogP contribution is -2.54. The average molecular weight is 455 g/mol. The lowest BCUT2D eigenvalue weighted by atomic mass is 10.2. The molecule has 10 heteroatoms. The third-order valence-electron chi connectivity index (χ3n) is 4.73. The molecule has 0 saturated carbocycles. The summed E-state index contributed by atoms with van der Waals surface area (Å²) in [5.41, 5.74) is 6.20. The number of nitrogens with two attached hydrogens (primary N) is 1. The number of hydrogen-bond donors (Lipinski definition) is 1. The second-order valence-corrected chi connectivity index (χ2v) is 8.98. The SMILES string of the molecule is COc1ccccc1Oc1ccc([N+]2(S(=O)(=O)CC(F)(F)F)C=C(CN)C=CC2)cc1. The van der Waals surface area contributed by atoms with E-state index in [-0.39, 0.29) is 18.8 Å². The monoisotopic (exact) mass is 455 g/mol. The number of methoxy groups -OCH3 is 1. The van der Waals surface area contributed by atoms with E-state index in [0.717, 1.165) is 0 Å². The molecule has 3 rings (SSSR count). The molecule has 1 atom stereocenters. The minimum absolute atomic E-state index is 0.00691. The summed E-state index contributed by atoms with van der Waals surface area (Å²) < 4.78 is 75.0. The highest BCUT2D eigenvalue weighted by Crippen LogP contribution is 2.37. The number of benzene rings is 2. The molecular weight excluding hydrogens is 433 g/mol. The van der Waals surface area contributed by atoms with E-state index in [9.17, 15) is 21.6 Å². The van der Waals surface area contributed by atoms with E-state index in [1.807, 2.05) is 0 Å². The minimum atomic E-state index is -4.88. The zero-order valence-electron chi connectivity index (χ0n) is 16.7. The predicted octanol–water partition coefficient (Wildman–Crippen LogP) is 4.10. The van der Waals surface area contributed by atoms with Crippen molar-refractivity contribution in [3.63, 3.8) is 0 Å². The maximum atomic E-state index is 13.1. The molecule has 2 aromatic carbocycles. The van der Waals surface area contributed by atoms with Crippen LogP contribution >= 0.6 is 0 Å². The molecule has 1 aliphatic rings. The van der Waals surface area contributed by atoms with Crippen LogP contribution in [0.3, 0.4) is 0 Å². The van der Waals surface area contributed by atoms with Gasteiger partial charge in [0, 0.05) is 24.3 Å². The predicted molar refractivity (Wildman–Crippen MR) is 112 cm³/mol. The molecule has 0 aromatic heterocycles. The lowest BCUT2D eigenvalue weighted by molar-refractivity contribution is -0.106.